The van der Waals surface area contributed by atoms with E-state index in [1.54, 1.807) is 41.6 Å². The molecule has 0 amide bonds. The number of sulfonamides is 1. The summed E-state index contributed by atoms with van der Waals surface area (Å²) < 4.78 is 42.5. The third-order valence-corrected chi connectivity index (χ3v) is 7.37. The van der Waals surface area contributed by atoms with Gasteiger partial charge in [-0.05, 0) is 49.9 Å². The molecule has 0 aliphatic carbocycles. The number of furan rings is 1. The van der Waals surface area contributed by atoms with Crippen LogP contribution in [-0.2, 0) is 37.3 Å². The average molecular weight is 464 g/mol. The van der Waals surface area contributed by atoms with Gasteiger partial charge in [0.25, 0.3) is 0 Å². The summed E-state index contributed by atoms with van der Waals surface area (Å²) in [5.41, 5.74) is 1.46. The molecule has 0 unspecified atom stereocenters. The number of carbonyl (C=O) groups is 2. The van der Waals surface area contributed by atoms with Crippen LogP contribution in [0.1, 0.15) is 59.5 Å². The zero-order chi connectivity index (χ0) is 23.1. The van der Waals surface area contributed by atoms with Gasteiger partial charge in [-0.3, -0.25) is 4.79 Å². The van der Waals surface area contributed by atoms with Gasteiger partial charge in [0.15, 0.2) is 0 Å². The van der Waals surface area contributed by atoms with Gasteiger partial charge in [-0.1, -0.05) is 25.0 Å². The molecule has 3 rings (SSSR count). The molecule has 9 heteroatoms. The second-order valence-corrected chi connectivity index (χ2v) is 9.78. The Kier molecular flexibility index (Phi) is 8.09. The lowest BCUT2D eigenvalue weighted by molar-refractivity contribution is -0.145. The molecule has 0 atom stereocenters. The highest BCUT2D eigenvalue weighted by molar-refractivity contribution is 7.89. The number of aryl methyl sites for hydroxylation is 2. The number of carbonyl (C=O) groups excluding carboxylic acids is 2. The van der Waals surface area contributed by atoms with E-state index in [4.69, 9.17) is 9.15 Å². The van der Waals surface area contributed by atoms with Gasteiger partial charge in [-0.25, -0.2) is 13.2 Å². The third-order valence-electron chi connectivity index (χ3n) is 5.46. The van der Waals surface area contributed by atoms with Gasteiger partial charge in [0.05, 0.1) is 12.0 Å². The maximum Gasteiger partial charge on any atom is 0.374 e. The molecule has 1 aromatic heterocycles. The van der Waals surface area contributed by atoms with E-state index in [0.29, 0.717) is 30.8 Å². The Morgan fingerprint density at radius 2 is 1.72 bits per heavy atom. The summed E-state index contributed by atoms with van der Waals surface area (Å²) in [7, 11) is -2.22. The van der Waals surface area contributed by atoms with Crippen LogP contribution in [0.3, 0.4) is 0 Å². The second kappa shape index (κ2) is 10.8. The second-order valence-electron chi connectivity index (χ2n) is 7.84. The molecule has 0 radical (unpaired) electrons. The highest BCUT2D eigenvalue weighted by atomic mass is 32.2. The predicted octanol–water partition coefficient (Wildman–Crippen LogP) is 3.62. The van der Waals surface area contributed by atoms with Crippen molar-refractivity contribution in [2.24, 2.45) is 0 Å². The molecule has 1 aliphatic heterocycles. The van der Waals surface area contributed by atoms with Crippen molar-refractivity contribution < 1.29 is 31.9 Å². The van der Waals surface area contributed by atoms with Crippen molar-refractivity contribution in [1.29, 1.82) is 0 Å². The monoisotopic (exact) mass is 463 g/mol. The standard InChI is InChI=1S/C23H29NO7S/c1-17-15-19(31-22(17)23(26)29-2)16-30-21(25)12-9-18-7-10-20(11-8-18)32(27,28)24-13-5-3-4-6-14-24/h7-8,10-11,15H,3-6,9,12-14,16H2,1-2H3. The third kappa shape index (κ3) is 5.98. The molecular formula is C23H29NO7S. The molecular weight excluding hydrogens is 434 g/mol. The Labute approximate surface area is 188 Å². The van der Waals surface area contributed by atoms with Crippen LogP contribution in [-0.4, -0.2) is 44.9 Å². The van der Waals surface area contributed by atoms with Crippen molar-refractivity contribution in [3.63, 3.8) is 0 Å². The van der Waals surface area contributed by atoms with E-state index in [1.165, 1.54) is 7.11 Å². The molecule has 8 nitrogen and oxygen atoms in total. The normalized spacial score (nSPS) is 15.2. The number of hydrogen-bond acceptors (Lipinski definition) is 7. The van der Waals surface area contributed by atoms with E-state index in [2.05, 4.69) is 4.74 Å². The van der Waals surface area contributed by atoms with Crippen LogP contribution in [0.5, 0.6) is 0 Å². The lowest BCUT2D eigenvalue weighted by Crippen LogP contribution is -2.31. The minimum absolute atomic E-state index is 0.0797. The largest absolute Gasteiger partial charge is 0.463 e. The molecule has 2 heterocycles. The van der Waals surface area contributed by atoms with Crippen molar-refractivity contribution >= 4 is 22.0 Å². The lowest BCUT2D eigenvalue weighted by atomic mass is 10.1. The highest BCUT2D eigenvalue weighted by Crippen LogP contribution is 2.21. The van der Waals surface area contributed by atoms with Crippen molar-refractivity contribution in [1.82, 2.24) is 4.31 Å². The first-order valence-electron chi connectivity index (χ1n) is 10.7. The first-order chi connectivity index (χ1) is 15.3. The van der Waals surface area contributed by atoms with Crippen LogP contribution in [0.25, 0.3) is 0 Å². The Morgan fingerprint density at radius 1 is 1.06 bits per heavy atom. The fourth-order valence-corrected chi connectivity index (χ4v) is 5.16. The number of hydrogen-bond donors (Lipinski definition) is 0. The van der Waals surface area contributed by atoms with Gasteiger partial charge >= 0.3 is 11.9 Å². The molecule has 0 N–H and O–H groups in total. The van der Waals surface area contributed by atoms with Gasteiger partial charge in [0.2, 0.25) is 15.8 Å². The van der Waals surface area contributed by atoms with Gasteiger partial charge in [-0.15, -0.1) is 0 Å². The molecule has 1 aliphatic rings. The highest BCUT2D eigenvalue weighted by Gasteiger charge is 2.25. The Balaban J connectivity index is 1.50. The zero-order valence-corrected chi connectivity index (χ0v) is 19.3. The lowest BCUT2D eigenvalue weighted by Gasteiger charge is -2.20. The topological polar surface area (TPSA) is 103 Å². The van der Waals surface area contributed by atoms with E-state index in [-0.39, 0.29) is 23.7 Å². The maximum atomic E-state index is 12.8. The number of methoxy groups -OCH3 is 1. The van der Waals surface area contributed by atoms with E-state index in [0.717, 1.165) is 31.2 Å². The molecule has 2 aromatic rings. The Morgan fingerprint density at radius 3 is 2.34 bits per heavy atom. The molecule has 32 heavy (non-hydrogen) atoms. The summed E-state index contributed by atoms with van der Waals surface area (Å²) in [6.45, 7) is 2.75. The minimum Gasteiger partial charge on any atom is -0.463 e. The fraction of sp³-hybridized carbons (Fsp3) is 0.478. The van der Waals surface area contributed by atoms with E-state index < -0.39 is 22.0 Å². The van der Waals surface area contributed by atoms with Crippen LogP contribution in [0.2, 0.25) is 0 Å². The number of esters is 2. The maximum absolute atomic E-state index is 12.8. The number of rotatable bonds is 8. The molecule has 1 fully saturated rings. The van der Waals surface area contributed by atoms with E-state index in [1.807, 2.05) is 0 Å². The van der Waals surface area contributed by atoms with Gasteiger partial charge in [-0.2, -0.15) is 4.31 Å². The molecule has 0 bridgehead atoms. The summed E-state index contributed by atoms with van der Waals surface area (Å²) in [5.74, 6) is -0.547. The van der Waals surface area contributed by atoms with Gasteiger partial charge < -0.3 is 13.9 Å². The fourth-order valence-electron chi connectivity index (χ4n) is 3.64. The minimum atomic E-state index is -3.48. The Bertz CT molecular complexity index is 1030. The summed E-state index contributed by atoms with van der Waals surface area (Å²) >= 11 is 0. The first-order valence-corrected chi connectivity index (χ1v) is 12.2. The molecule has 0 spiro atoms. The smallest absolute Gasteiger partial charge is 0.374 e. The quantitative estimate of drug-likeness (QED) is 0.551. The summed E-state index contributed by atoms with van der Waals surface area (Å²) in [4.78, 5) is 23.9. The zero-order valence-electron chi connectivity index (χ0n) is 18.5. The van der Waals surface area contributed by atoms with Crippen LogP contribution in [0.15, 0.2) is 39.6 Å². The molecule has 0 saturated carbocycles. The summed E-state index contributed by atoms with van der Waals surface area (Å²) in [6, 6.07) is 8.29. The van der Waals surface area contributed by atoms with Crippen molar-refractivity contribution in [2.75, 3.05) is 20.2 Å². The number of ether oxygens (including phenoxy) is 2. The van der Waals surface area contributed by atoms with Crippen LogP contribution in [0, 0.1) is 6.92 Å². The van der Waals surface area contributed by atoms with Gasteiger partial charge in [0.1, 0.15) is 12.4 Å². The summed E-state index contributed by atoms with van der Waals surface area (Å²) in [5, 5.41) is 0. The van der Waals surface area contributed by atoms with Crippen molar-refractivity contribution in [3.05, 3.63) is 53.0 Å². The molecule has 1 saturated heterocycles. The average Bonchev–Trinajstić information content (AvgIpc) is 2.98. The number of benzene rings is 1. The molecule has 174 valence electrons. The van der Waals surface area contributed by atoms with E-state index in [9.17, 15) is 18.0 Å². The Hall–Kier alpha value is -2.65. The van der Waals surface area contributed by atoms with Crippen LogP contribution < -0.4 is 0 Å². The van der Waals surface area contributed by atoms with Crippen LogP contribution >= 0.6 is 0 Å². The van der Waals surface area contributed by atoms with E-state index >= 15 is 0 Å². The van der Waals surface area contributed by atoms with Crippen molar-refractivity contribution in [3.8, 4) is 0 Å². The van der Waals surface area contributed by atoms with Crippen LogP contribution in [0.4, 0.5) is 0 Å². The molecule has 1 aromatic carbocycles. The summed E-state index contributed by atoms with van der Waals surface area (Å²) in [6.07, 6.45) is 4.47. The first kappa shape index (κ1) is 24.0. The van der Waals surface area contributed by atoms with Gasteiger partial charge in [0, 0.05) is 25.1 Å². The SMILES string of the molecule is COC(=O)c1oc(COC(=O)CCc2ccc(S(=O)(=O)N3CCCCCC3)cc2)cc1C. The van der Waals surface area contributed by atoms with Crippen molar-refractivity contribution in [2.45, 2.75) is 57.0 Å². The predicted molar refractivity (Wildman–Crippen MR) is 117 cm³/mol. The number of nitrogens with zero attached hydrogens (tertiary/aromatic N) is 1.